The summed E-state index contributed by atoms with van der Waals surface area (Å²) in [4.78, 5) is 21.9. The molecule has 0 saturated carbocycles. The number of rotatable bonds is 3. The Balaban J connectivity index is 1.81. The minimum absolute atomic E-state index is 0.0786. The van der Waals surface area contributed by atoms with E-state index in [0.717, 1.165) is 49.6 Å². The molecule has 3 N–H and O–H groups in total. The molecule has 1 aliphatic rings. The van der Waals surface area contributed by atoms with Crippen molar-refractivity contribution in [2.75, 3.05) is 33.2 Å². The molecule has 0 spiro atoms. The van der Waals surface area contributed by atoms with Crippen LogP contribution in [0.25, 0.3) is 11.0 Å². The largest absolute Gasteiger partial charge is 0.355 e. The molecule has 1 aliphatic heterocycles. The third-order valence-corrected chi connectivity index (χ3v) is 3.60. The molecule has 0 aliphatic carbocycles. The average Bonchev–Trinajstić information content (AvgIpc) is 2.88. The van der Waals surface area contributed by atoms with E-state index in [0.29, 0.717) is 5.56 Å². The molecule has 1 aromatic carbocycles. The number of imidazole rings is 1. The molecule has 6 heteroatoms. The molecule has 1 saturated heterocycles. The summed E-state index contributed by atoms with van der Waals surface area (Å²) in [6, 6.07) is 5.54. The normalized spacial score (nSPS) is 16.4. The number of aromatic nitrogens is 2. The minimum Gasteiger partial charge on any atom is -0.355 e. The van der Waals surface area contributed by atoms with Gasteiger partial charge in [-0.2, -0.15) is 0 Å². The maximum absolute atomic E-state index is 11.6. The van der Waals surface area contributed by atoms with Crippen LogP contribution in [-0.2, 0) is 6.54 Å². The molecular formula is C14H19N5O. The Bertz CT molecular complexity index is 615. The van der Waals surface area contributed by atoms with E-state index in [1.54, 1.807) is 13.1 Å². The van der Waals surface area contributed by atoms with Crippen molar-refractivity contribution in [1.29, 1.82) is 0 Å². The average molecular weight is 273 g/mol. The second kappa shape index (κ2) is 5.60. The van der Waals surface area contributed by atoms with Crippen molar-refractivity contribution in [2.45, 2.75) is 6.54 Å². The maximum Gasteiger partial charge on any atom is 0.251 e. The highest BCUT2D eigenvalue weighted by atomic mass is 16.1. The molecule has 1 fully saturated rings. The molecule has 1 aromatic heterocycles. The van der Waals surface area contributed by atoms with Gasteiger partial charge < -0.3 is 15.6 Å². The first-order valence-electron chi connectivity index (χ1n) is 6.90. The Morgan fingerprint density at radius 3 is 2.95 bits per heavy atom. The quantitative estimate of drug-likeness (QED) is 0.753. The summed E-state index contributed by atoms with van der Waals surface area (Å²) in [6.45, 7) is 4.97. The monoisotopic (exact) mass is 273 g/mol. The van der Waals surface area contributed by atoms with Crippen molar-refractivity contribution in [3.05, 3.63) is 29.6 Å². The fourth-order valence-electron chi connectivity index (χ4n) is 2.50. The van der Waals surface area contributed by atoms with Gasteiger partial charge in [0.25, 0.3) is 5.91 Å². The van der Waals surface area contributed by atoms with Gasteiger partial charge in [-0.15, -0.1) is 0 Å². The van der Waals surface area contributed by atoms with Gasteiger partial charge in [-0.3, -0.25) is 9.69 Å². The standard InChI is InChI=1S/C14H19N5O/c1-15-14(20)10-2-3-11-12(8-10)18-13(17-11)9-19-6-4-16-5-7-19/h2-3,8,16H,4-7,9H2,1H3,(H,15,20)(H,17,18). The van der Waals surface area contributed by atoms with E-state index < -0.39 is 0 Å². The minimum atomic E-state index is -0.0786. The summed E-state index contributed by atoms with van der Waals surface area (Å²) < 4.78 is 0. The Morgan fingerprint density at radius 1 is 1.40 bits per heavy atom. The van der Waals surface area contributed by atoms with Crippen molar-refractivity contribution in [3.8, 4) is 0 Å². The van der Waals surface area contributed by atoms with Crippen LogP contribution in [0.3, 0.4) is 0 Å². The predicted octanol–water partition coefficient (Wildman–Crippen LogP) is 0.328. The molecule has 0 radical (unpaired) electrons. The molecular weight excluding hydrogens is 254 g/mol. The van der Waals surface area contributed by atoms with E-state index in [2.05, 4.69) is 25.5 Å². The van der Waals surface area contributed by atoms with Crippen LogP contribution in [0.1, 0.15) is 16.2 Å². The van der Waals surface area contributed by atoms with Gasteiger partial charge in [0, 0.05) is 38.8 Å². The Labute approximate surface area is 117 Å². The number of nitrogens with one attached hydrogen (secondary N) is 3. The van der Waals surface area contributed by atoms with Crippen molar-refractivity contribution in [3.63, 3.8) is 0 Å². The van der Waals surface area contributed by atoms with Gasteiger partial charge in [-0.05, 0) is 18.2 Å². The van der Waals surface area contributed by atoms with Crippen LogP contribution in [0.2, 0.25) is 0 Å². The molecule has 1 amide bonds. The van der Waals surface area contributed by atoms with Gasteiger partial charge in [0.2, 0.25) is 0 Å². The summed E-state index contributed by atoms with van der Waals surface area (Å²) in [5, 5.41) is 5.97. The van der Waals surface area contributed by atoms with Crippen molar-refractivity contribution >= 4 is 16.9 Å². The molecule has 0 bridgehead atoms. The second-order valence-corrected chi connectivity index (χ2v) is 5.02. The lowest BCUT2D eigenvalue weighted by Gasteiger charge is -2.26. The fourth-order valence-corrected chi connectivity index (χ4v) is 2.50. The fraction of sp³-hybridized carbons (Fsp3) is 0.429. The molecule has 2 heterocycles. The first-order chi connectivity index (χ1) is 9.76. The lowest BCUT2D eigenvalue weighted by molar-refractivity contribution is 0.0963. The van der Waals surface area contributed by atoms with Crippen LogP contribution in [0.4, 0.5) is 0 Å². The first kappa shape index (κ1) is 13.1. The summed E-state index contributed by atoms with van der Waals surface area (Å²) in [7, 11) is 1.63. The molecule has 0 atom stereocenters. The Morgan fingerprint density at radius 2 is 2.20 bits per heavy atom. The van der Waals surface area contributed by atoms with Gasteiger partial charge in [-0.1, -0.05) is 0 Å². The summed E-state index contributed by atoms with van der Waals surface area (Å²) in [6.07, 6.45) is 0. The van der Waals surface area contributed by atoms with Gasteiger partial charge in [-0.25, -0.2) is 4.98 Å². The number of hydrogen-bond acceptors (Lipinski definition) is 4. The van der Waals surface area contributed by atoms with E-state index in [1.165, 1.54) is 0 Å². The van der Waals surface area contributed by atoms with Gasteiger partial charge in [0.1, 0.15) is 5.82 Å². The molecule has 20 heavy (non-hydrogen) atoms. The van der Waals surface area contributed by atoms with Crippen LogP contribution in [0.15, 0.2) is 18.2 Å². The lowest BCUT2D eigenvalue weighted by atomic mass is 10.2. The van der Waals surface area contributed by atoms with Crippen LogP contribution < -0.4 is 10.6 Å². The number of benzene rings is 1. The van der Waals surface area contributed by atoms with Crippen molar-refractivity contribution < 1.29 is 4.79 Å². The topological polar surface area (TPSA) is 73.1 Å². The highest BCUT2D eigenvalue weighted by molar-refractivity contribution is 5.97. The number of carbonyl (C=O) groups is 1. The van der Waals surface area contributed by atoms with Crippen molar-refractivity contribution in [2.24, 2.45) is 0 Å². The predicted molar refractivity (Wildman–Crippen MR) is 77.6 cm³/mol. The zero-order valence-corrected chi connectivity index (χ0v) is 11.6. The first-order valence-corrected chi connectivity index (χ1v) is 6.90. The van der Waals surface area contributed by atoms with E-state index >= 15 is 0 Å². The van der Waals surface area contributed by atoms with E-state index in [1.807, 2.05) is 12.1 Å². The summed E-state index contributed by atoms with van der Waals surface area (Å²) >= 11 is 0. The number of H-pyrrole nitrogens is 1. The number of carbonyl (C=O) groups excluding carboxylic acids is 1. The van der Waals surface area contributed by atoms with Crippen LogP contribution in [-0.4, -0.2) is 54.0 Å². The molecule has 6 nitrogen and oxygen atoms in total. The SMILES string of the molecule is CNC(=O)c1ccc2nc(CN3CCNCC3)[nH]c2c1. The number of aromatic amines is 1. The lowest BCUT2D eigenvalue weighted by Crippen LogP contribution is -2.43. The molecule has 3 rings (SSSR count). The number of amides is 1. The van der Waals surface area contributed by atoms with Crippen LogP contribution in [0, 0.1) is 0 Å². The van der Waals surface area contributed by atoms with Crippen molar-refractivity contribution in [1.82, 2.24) is 25.5 Å². The zero-order valence-electron chi connectivity index (χ0n) is 11.6. The third-order valence-electron chi connectivity index (χ3n) is 3.60. The molecule has 2 aromatic rings. The summed E-state index contributed by atoms with van der Waals surface area (Å²) in [5.74, 6) is 0.876. The molecule has 106 valence electrons. The van der Waals surface area contributed by atoms with Crippen LogP contribution in [0.5, 0.6) is 0 Å². The third kappa shape index (κ3) is 2.66. The maximum atomic E-state index is 11.6. The molecule has 0 unspecified atom stereocenters. The zero-order chi connectivity index (χ0) is 13.9. The Kier molecular flexibility index (Phi) is 3.66. The smallest absolute Gasteiger partial charge is 0.251 e. The van der Waals surface area contributed by atoms with E-state index in [4.69, 9.17) is 0 Å². The second-order valence-electron chi connectivity index (χ2n) is 5.02. The van der Waals surface area contributed by atoms with Gasteiger partial charge in [0.15, 0.2) is 0 Å². The van der Waals surface area contributed by atoms with Crippen LogP contribution >= 0.6 is 0 Å². The highest BCUT2D eigenvalue weighted by Crippen LogP contribution is 2.15. The Hall–Kier alpha value is -1.92. The number of fused-ring (bicyclic) bond motifs is 1. The van der Waals surface area contributed by atoms with Gasteiger partial charge >= 0.3 is 0 Å². The highest BCUT2D eigenvalue weighted by Gasteiger charge is 2.13. The number of nitrogens with zero attached hydrogens (tertiary/aromatic N) is 2. The van der Waals surface area contributed by atoms with Gasteiger partial charge in [0.05, 0.1) is 17.6 Å². The number of hydrogen-bond donors (Lipinski definition) is 3. The van der Waals surface area contributed by atoms with E-state index in [-0.39, 0.29) is 5.91 Å². The van der Waals surface area contributed by atoms with E-state index in [9.17, 15) is 4.79 Å². The summed E-state index contributed by atoms with van der Waals surface area (Å²) in [5.41, 5.74) is 2.47. The number of piperazine rings is 1.